The number of rotatable bonds is 1. The highest BCUT2D eigenvalue weighted by Crippen LogP contribution is 2.37. The van der Waals surface area contributed by atoms with Gasteiger partial charge in [0, 0.05) is 28.6 Å². The number of benzene rings is 2. The van der Waals surface area contributed by atoms with Crippen LogP contribution in [0.5, 0.6) is 0 Å². The van der Waals surface area contributed by atoms with E-state index < -0.39 is 0 Å². The molecule has 1 aliphatic rings. The number of hydrogen-bond acceptors (Lipinski definition) is 2. The molecule has 0 atom stereocenters. The number of aryl methyl sites for hydroxylation is 1. The topological polar surface area (TPSA) is 25.2 Å². The summed E-state index contributed by atoms with van der Waals surface area (Å²) in [4.78, 5) is 0. The molecule has 0 fully saturated rings. The van der Waals surface area contributed by atoms with Gasteiger partial charge in [0.05, 0.1) is 0 Å². The Bertz CT molecular complexity index is 811. The van der Waals surface area contributed by atoms with Crippen LogP contribution in [0.3, 0.4) is 0 Å². The van der Waals surface area contributed by atoms with Gasteiger partial charge < -0.3 is 9.73 Å². The van der Waals surface area contributed by atoms with E-state index in [0.717, 1.165) is 29.8 Å². The Hall–Kier alpha value is -2.22. The van der Waals surface area contributed by atoms with Crippen LogP contribution in [0.2, 0.25) is 0 Å². The summed E-state index contributed by atoms with van der Waals surface area (Å²) in [6.45, 7) is 3.08. The molecule has 2 heteroatoms. The quantitative estimate of drug-likeness (QED) is 0.682. The van der Waals surface area contributed by atoms with Gasteiger partial charge >= 0.3 is 0 Å². The van der Waals surface area contributed by atoms with Crippen LogP contribution >= 0.6 is 0 Å². The average Bonchev–Trinajstić information content (AvgIpc) is 2.86. The minimum Gasteiger partial charge on any atom is -0.455 e. The second-order valence-corrected chi connectivity index (χ2v) is 4.93. The van der Waals surface area contributed by atoms with Crippen molar-refractivity contribution < 1.29 is 4.42 Å². The molecule has 0 amide bonds. The smallest absolute Gasteiger partial charge is 0.144 e. The predicted molar refractivity (Wildman–Crippen MR) is 80.6 cm³/mol. The molecule has 2 aromatic carbocycles. The molecule has 0 saturated carbocycles. The second-order valence-electron chi connectivity index (χ2n) is 4.93. The molecule has 0 unspecified atom stereocenters. The van der Waals surface area contributed by atoms with Crippen molar-refractivity contribution >= 4 is 33.7 Å². The Labute approximate surface area is 111 Å². The monoisotopic (exact) mass is 249 g/mol. The van der Waals surface area contributed by atoms with E-state index in [1.54, 1.807) is 0 Å². The molecular weight excluding hydrogens is 234 g/mol. The van der Waals surface area contributed by atoms with E-state index in [1.807, 2.05) is 0 Å². The first-order valence-electron chi connectivity index (χ1n) is 6.76. The van der Waals surface area contributed by atoms with Crippen molar-refractivity contribution in [2.75, 3.05) is 11.9 Å². The molecule has 94 valence electrons. The van der Waals surface area contributed by atoms with Gasteiger partial charge in [0.1, 0.15) is 11.2 Å². The molecule has 2 nitrogen and oxygen atoms in total. The largest absolute Gasteiger partial charge is 0.455 e. The lowest BCUT2D eigenvalue weighted by molar-refractivity contribution is 0.668. The van der Waals surface area contributed by atoms with Gasteiger partial charge in [-0.1, -0.05) is 31.2 Å². The van der Waals surface area contributed by atoms with Crippen molar-refractivity contribution in [3.05, 3.63) is 47.5 Å². The van der Waals surface area contributed by atoms with Crippen molar-refractivity contribution in [2.24, 2.45) is 0 Å². The van der Waals surface area contributed by atoms with E-state index >= 15 is 0 Å². The van der Waals surface area contributed by atoms with Crippen LogP contribution in [0.15, 0.2) is 40.8 Å². The lowest BCUT2D eigenvalue weighted by atomic mass is 10.0. The first kappa shape index (κ1) is 10.7. The second kappa shape index (κ2) is 3.89. The molecule has 1 aromatic heterocycles. The highest BCUT2D eigenvalue weighted by Gasteiger charge is 2.15. The van der Waals surface area contributed by atoms with Crippen molar-refractivity contribution in [3.8, 4) is 0 Å². The summed E-state index contributed by atoms with van der Waals surface area (Å²) in [5.74, 6) is 0. The molecular formula is C17H15NO. The molecule has 0 spiro atoms. The lowest BCUT2D eigenvalue weighted by Gasteiger charge is -2.12. The predicted octanol–water partition coefficient (Wildman–Crippen LogP) is 4.59. The molecule has 1 N–H and O–H groups in total. The van der Waals surface area contributed by atoms with E-state index in [-0.39, 0.29) is 0 Å². The molecule has 1 aliphatic heterocycles. The Morgan fingerprint density at radius 3 is 3.05 bits per heavy atom. The maximum absolute atomic E-state index is 6.10. The van der Waals surface area contributed by atoms with Gasteiger partial charge in [-0.3, -0.25) is 0 Å². The van der Waals surface area contributed by atoms with Crippen LogP contribution in [-0.4, -0.2) is 6.54 Å². The molecule has 0 aliphatic carbocycles. The fraction of sp³-hybridized carbons (Fsp3) is 0.176. The number of anilines is 1. The zero-order valence-electron chi connectivity index (χ0n) is 10.9. The molecule has 0 bridgehead atoms. The minimum atomic E-state index is 0.888. The average molecular weight is 249 g/mol. The number of hydrogen-bond donors (Lipinski definition) is 1. The van der Waals surface area contributed by atoms with E-state index in [0.29, 0.717) is 0 Å². The molecule has 19 heavy (non-hydrogen) atoms. The van der Waals surface area contributed by atoms with Crippen molar-refractivity contribution in [3.63, 3.8) is 0 Å². The molecule has 3 aromatic rings. The fourth-order valence-electron chi connectivity index (χ4n) is 2.94. The molecule has 4 rings (SSSR count). The number of furan rings is 1. The zero-order chi connectivity index (χ0) is 12.8. The van der Waals surface area contributed by atoms with E-state index in [2.05, 4.69) is 54.7 Å². The third-order valence-corrected chi connectivity index (χ3v) is 3.87. The molecule has 0 saturated heterocycles. The summed E-state index contributed by atoms with van der Waals surface area (Å²) >= 11 is 0. The van der Waals surface area contributed by atoms with Gasteiger partial charge in [0.25, 0.3) is 0 Å². The van der Waals surface area contributed by atoms with Crippen molar-refractivity contribution in [1.29, 1.82) is 0 Å². The summed E-state index contributed by atoms with van der Waals surface area (Å²) in [7, 11) is 0. The lowest BCUT2D eigenvalue weighted by Crippen LogP contribution is -2.03. The summed E-state index contributed by atoms with van der Waals surface area (Å²) in [6.07, 6.45) is 5.31. The number of nitrogens with one attached hydrogen (secondary N) is 1. The van der Waals surface area contributed by atoms with Crippen LogP contribution in [0.25, 0.3) is 28.0 Å². The van der Waals surface area contributed by atoms with Crippen LogP contribution < -0.4 is 5.32 Å². The normalized spacial score (nSPS) is 13.7. The summed E-state index contributed by atoms with van der Waals surface area (Å²) in [5, 5.41) is 5.87. The van der Waals surface area contributed by atoms with Gasteiger partial charge in [-0.15, -0.1) is 0 Å². The van der Waals surface area contributed by atoms with E-state index in [1.165, 1.54) is 21.9 Å². The fourth-order valence-corrected chi connectivity index (χ4v) is 2.94. The van der Waals surface area contributed by atoms with Crippen LogP contribution in [0.1, 0.15) is 18.1 Å². The minimum absolute atomic E-state index is 0.888. The third-order valence-electron chi connectivity index (χ3n) is 3.87. The Balaban J connectivity index is 2.18. The molecule has 0 radical (unpaired) electrons. The van der Waals surface area contributed by atoms with E-state index in [4.69, 9.17) is 4.42 Å². The van der Waals surface area contributed by atoms with Gasteiger partial charge in [-0.2, -0.15) is 0 Å². The Morgan fingerprint density at radius 1 is 1.21 bits per heavy atom. The first-order valence-corrected chi connectivity index (χ1v) is 6.76. The SMILES string of the molecule is CCc1cccc2oc3c4c(ccc3c12)NCC=C4. The van der Waals surface area contributed by atoms with Crippen LogP contribution in [0.4, 0.5) is 5.69 Å². The number of fused-ring (bicyclic) bond motifs is 5. The maximum atomic E-state index is 6.10. The highest BCUT2D eigenvalue weighted by atomic mass is 16.3. The third kappa shape index (κ3) is 1.43. The van der Waals surface area contributed by atoms with Gasteiger partial charge in [0.2, 0.25) is 0 Å². The first-order chi connectivity index (χ1) is 9.38. The molecule has 2 heterocycles. The highest BCUT2D eigenvalue weighted by molar-refractivity contribution is 6.10. The van der Waals surface area contributed by atoms with Crippen LogP contribution in [-0.2, 0) is 6.42 Å². The van der Waals surface area contributed by atoms with Crippen LogP contribution in [0, 0.1) is 0 Å². The van der Waals surface area contributed by atoms with E-state index in [9.17, 15) is 0 Å². The maximum Gasteiger partial charge on any atom is 0.144 e. The zero-order valence-corrected chi connectivity index (χ0v) is 10.9. The Kier molecular flexibility index (Phi) is 2.18. The summed E-state index contributed by atoms with van der Waals surface area (Å²) < 4.78 is 6.10. The van der Waals surface area contributed by atoms with Gasteiger partial charge in [-0.05, 0) is 30.2 Å². The van der Waals surface area contributed by atoms with Crippen molar-refractivity contribution in [2.45, 2.75) is 13.3 Å². The van der Waals surface area contributed by atoms with Gasteiger partial charge in [0.15, 0.2) is 0 Å². The summed E-state index contributed by atoms with van der Waals surface area (Å²) in [5.41, 5.74) is 5.66. The Morgan fingerprint density at radius 2 is 2.16 bits per heavy atom. The standard InChI is InChI=1S/C17H15NO/c1-2-11-5-3-7-15-16(11)13-8-9-14-12(17(13)19-15)6-4-10-18-14/h3-9,18H,2,10H2,1H3. The van der Waals surface area contributed by atoms with Gasteiger partial charge in [-0.25, -0.2) is 0 Å². The summed E-state index contributed by atoms with van der Waals surface area (Å²) in [6, 6.07) is 10.6. The van der Waals surface area contributed by atoms with Crippen molar-refractivity contribution in [1.82, 2.24) is 0 Å².